The van der Waals surface area contributed by atoms with Gasteiger partial charge in [0.15, 0.2) is 18.7 Å². The van der Waals surface area contributed by atoms with Gasteiger partial charge in [0.25, 0.3) is 0 Å². The minimum absolute atomic E-state index is 0.152. The van der Waals surface area contributed by atoms with Crippen LogP contribution in [0, 0.1) is 0 Å². The van der Waals surface area contributed by atoms with E-state index in [-0.39, 0.29) is 26.1 Å². The van der Waals surface area contributed by atoms with Gasteiger partial charge in [0.2, 0.25) is 0 Å². The van der Waals surface area contributed by atoms with E-state index in [2.05, 4.69) is 38.2 Å². The normalized spacial score (nSPS) is 25.5. The van der Waals surface area contributed by atoms with Crippen molar-refractivity contribution in [1.29, 1.82) is 0 Å². The Bertz CT molecular complexity index is 1310. The Labute approximate surface area is 422 Å². The molecule has 11 unspecified atom stereocenters. The van der Waals surface area contributed by atoms with Gasteiger partial charge < -0.3 is 64.2 Å². The highest BCUT2D eigenvalue weighted by Crippen LogP contribution is 2.27. The largest absolute Gasteiger partial charge is 0.462 e. The highest BCUT2D eigenvalue weighted by molar-refractivity contribution is 5.70. The van der Waals surface area contributed by atoms with Crippen LogP contribution in [0.4, 0.5) is 0 Å². The molecular weight excluding hydrogens is 901 g/mol. The fourth-order valence-corrected chi connectivity index (χ4v) is 8.84. The van der Waals surface area contributed by atoms with Crippen LogP contribution in [0.3, 0.4) is 0 Å². The molecule has 0 aromatic rings. The van der Waals surface area contributed by atoms with Crippen LogP contribution in [0.2, 0.25) is 0 Å². The molecule has 0 saturated carbocycles. The number of hydrogen-bond donors (Lipinski definition) is 7. The van der Waals surface area contributed by atoms with Gasteiger partial charge in [-0.2, -0.15) is 0 Å². The van der Waals surface area contributed by atoms with Crippen LogP contribution in [-0.2, 0) is 38.0 Å². The summed E-state index contributed by atoms with van der Waals surface area (Å²) in [5, 5.41) is 72.2. The first-order chi connectivity index (χ1) is 34.0. The second-order valence-corrected chi connectivity index (χ2v) is 19.8. The van der Waals surface area contributed by atoms with Crippen molar-refractivity contribution < 1.29 is 73.8 Å². The maximum Gasteiger partial charge on any atom is 0.306 e. The Hall–Kier alpha value is -2.02. The Morgan fingerprint density at radius 3 is 1.34 bits per heavy atom. The molecule has 2 fully saturated rings. The number of hydrogen-bond acceptors (Lipinski definition) is 15. The van der Waals surface area contributed by atoms with Gasteiger partial charge in [-0.3, -0.25) is 9.59 Å². The van der Waals surface area contributed by atoms with Crippen molar-refractivity contribution in [1.82, 2.24) is 0 Å². The summed E-state index contributed by atoms with van der Waals surface area (Å²) >= 11 is 0. The summed E-state index contributed by atoms with van der Waals surface area (Å²) in [6, 6.07) is 0. The zero-order valence-corrected chi connectivity index (χ0v) is 43.5. The number of unbranched alkanes of at least 4 members (excludes halogenated alkanes) is 26. The molecule has 2 saturated heterocycles. The first-order valence-corrected chi connectivity index (χ1v) is 27.9. The average molecular weight is 1000 g/mol. The molecule has 0 amide bonds. The lowest BCUT2D eigenvalue weighted by Gasteiger charge is -2.42. The molecule has 11 atom stereocenters. The number of esters is 2. The molecule has 7 N–H and O–H groups in total. The third-order valence-electron chi connectivity index (χ3n) is 13.4. The van der Waals surface area contributed by atoms with E-state index in [0.717, 1.165) is 64.2 Å². The smallest absolute Gasteiger partial charge is 0.306 e. The summed E-state index contributed by atoms with van der Waals surface area (Å²) in [5.74, 6) is -0.930. The van der Waals surface area contributed by atoms with Crippen molar-refractivity contribution >= 4 is 11.9 Å². The molecular formula is C55H100O15. The van der Waals surface area contributed by atoms with E-state index in [1.165, 1.54) is 116 Å². The summed E-state index contributed by atoms with van der Waals surface area (Å²) in [6.07, 6.45) is 27.7. The van der Waals surface area contributed by atoms with E-state index in [0.29, 0.717) is 12.8 Å². The third kappa shape index (κ3) is 29.6. The first kappa shape index (κ1) is 64.1. The molecule has 2 heterocycles. The molecule has 15 nitrogen and oxygen atoms in total. The maximum atomic E-state index is 13.0. The van der Waals surface area contributed by atoms with Crippen LogP contribution in [0.15, 0.2) is 24.3 Å². The van der Waals surface area contributed by atoms with Crippen molar-refractivity contribution in [2.24, 2.45) is 0 Å². The molecule has 2 aliphatic rings. The summed E-state index contributed by atoms with van der Waals surface area (Å²) < 4.78 is 33.6. The summed E-state index contributed by atoms with van der Waals surface area (Å²) in [7, 11) is 0. The minimum atomic E-state index is -1.77. The summed E-state index contributed by atoms with van der Waals surface area (Å²) in [5.41, 5.74) is 0. The zero-order chi connectivity index (χ0) is 51.0. The van der Waals surface area contributed by atoms with Crippen molar-refractivity contribution in [2.45, 2.75) is 287 Å². The van der Waals surface area contributed by atoms with Crippen LogP contribution >= 0.6 is 0 Å². The summed E-state index contributed by atoms with van der Waals surface area (Å²) in [4.78, 5) is 25.8. The highest BCUT2D eigenvalue weighted by Gasteiger charge is 2.47. The molecule has 410 valence electrons. The van der Waals surface area contributed by atoms with Crippen LogP contribution in [0.1, 0.15) is 219 Å². The lowest BCUT2D eigenvalue weighted by Crippen LogP contribution is -2.61. The van der Waals surface area contributed by atoms with Gasteiger partial charge in [-0.05, 0) is 44.9 Å². The number of aliphatic hydroxyl groups excluding tert-OH is 7. The quantitative estimate of drug-likeness (QED) is 0.0172. The van der Waals surface area contributed by atoms with E-state index in [4.69, 9.17) is 28.4 Å². The Balaban J connectivity index is 1.77. The van der Waals surface area contributed by atoms with Gasteiger partial charge in [0, 0.05) is 12.8 Å². The van der Waals surface area contributed by atoms with E-state index in [9.17, 15) is 45.3 Å². The van der Waals surface area contributed by atoms with Gasteiger partial charge in [-0.15, -0.1) is 0 Å². The maximum absolute atomic E-state index is 13.0. The second kappa shape index (κ2) is 42.3. The lowest BCUT2D eigenvalue weighted by molar-refractivity contribution is -0.332. The monoisotopic (exact) mass is 1000 g/mol. The van der Waals surface area contributed by atoms with E-state index in [1.807, 2.05) is 0 Å². The molecule has 2 aliphatic heterocycles. The fraction of sp³-hybridized carbons (Fsp3) is 0.891. The van der Waals surface area contributed by atoms with Gasteiger partial charge in [-0.1, -0.05) is 186 Å². The van der Waals surface area contributed by atoms with Crippen LogP contribution in [-0.4, -0.2) is 142 Å². The average Bonchev–Trinajstić information content (AvgIpc) is 3.35. The molecule has 0 radical (unpaired) electrons. The number of ether oxygens (including phenoxy) is 6. The third-order valence-corrected chi connectivity index (χ3v) is 13.4. The molecule has 0 bridgehead atoms. The number of aliphatic hydroxyl groups is 7. The molecule has 0 aromatic heterocycles. The Morgan fingerprint density at radius 2 is 0.857 bits per heavy atom. The van der Waals surface area contributed by atoms with Crippen molar-refractivity contribution in [2.75, 3.05) is 26.4 Å². The van der Waals surface area contributed by atoms with Crippen molar-refractivity contribution in [3.8, 4) is 0 Å². The standard InChI is InChI=1S/C55H100O15/c1-3-5-7-9-11-13-15-17-19-21-22-24-25-27-29-31-33-35-37-46(57)65-40-43(68-47(58)38-36-34-32-30-28-26-23-20-18-16-14-12-10-8-6-4-2)41-66-54-53(64)51(62)49(60)45(70-54)42-67-55-52(63)50(61)48(59)44(39-56)69-55/h14,16,20,23,43-45,48-56,59-64H,3-13,15,17-19,21-22,24-42H2,1-2H3/b16-14-,23-20-. The Kier molecular flexibility index (Phi) is 38.8. The highest BCUT2D eigenvalue weighted by atomic mass is 16.7. The molecule has 0 aliphatic carbocycles. The number of carbonyl (C=O) groups is 2. The van der Waals surface area contributed by atoms with E-state index < -0.39 is 92.7 Å². The fourth-order valence-electron chi connectivity index (χ4n) is 8.84. The first-order valence-electron chi connectivity index (χ1n) is 27.9. The van der Waals surface area contributed by atoms with Crippen molar-refractivity contribution in [3.63, 3.8) is 0 Å². The SMILES string of the molecule is CCCCCC/C=C\C/C=C\CCCCCCCC(=O)OC(COC(=O)CCCCCCCCCCCCCCCCCCCC)COC1OC(COC2OC(CO)C(O)C(O)C2O)C(O)C(O)C1O. The second-order valence-electron chi connectivity index (χ2n) is 19.8. The topological polar surface area (TPSA) is 231 Å². The summed E-state index contributed by atoms with van der Waals surface area (Å²) in [6.45, 7) is 2.59. The lowest BCUT2D eigenvalue weighted by atomic mass is 9.98. The molecule has 0 spiro atoms. The molecule has 2 rings (SSSR count). The number of carbonyl (C=O) groups excluding carboxylic acids is 2. The number of rotatable bonds is 44. The Morgan fingerprint density at radius 1 is 0.457 bits per heavy atom. The number of allylic oxidation sites excluding steroid dienone is 4. The van der Waals surface area contributed by atoms with E-state index >= 15 is 0 Å². The van der Waals surface area contributed by atoms with Gasteiger partial charge in [0.05, 0.1) is 19.8 Å². The van der Waals surface area contributed by atoms with Crippen LogP contribution < -0.4 is 0 Å². The van der Waals surface area contributed by atoms with Gasteiger partial charge in [-0.25, -0.2) is 0 Å². The molecule has 15 heteroatoms. The van der Waals surface area contributed by atoms with Crippen molar-refractivity contribution in [3.05, 3.63) is 24.3 Å². The van der Waals surface area contributed by atoms with E-state index in [1.54, 1.807) is 0 Å². The zero-order valence-electron chi connectivity index (χ0n) is 43.5. The van der Waals surface area contributed by atoms with Gasteiger partial charge >= 0.3 is 11.9 Å². The molecule has 70 heavy (non-hydrogen) atoms. The minimum Gasteiger partial charge on any atom is -0.462 e. The van der Waals surface area contributed by atoms with Gasteiger partial charge in [0.1, 0.15) is 55.4 Å². The van der Waals surface area contributed by atoms with Crippen LogP contribution in [0.5, 0.6) is 0 Å². The predicted octanol–water partition coefficient (Wildman–Crippen LogP) is 8.72. The predicted molar refractivity (Wildman–Crippen MR) is 271 cm³/mol. The van der Waals surface area contributed by atoms with Crippen LogP contribution in [0.25, 0.3) is 0 Å². The molecule has 0 aromatic carbocycles.